The number of hydrogen-bond acceptors (Lipinski definition) is 2. The molecule has 2 aliphatic rings. The highest BCUT2D eigenvalue weighted by Gasteiger charge is 2.44. The number of rotatable bonds is 10. The molecule has 1 saturated heterocycles. The van der Waals surface area contributed by atoms with Gasteiger partial charge in [-0.05, 0) is 94.9 Å². The van der Waals surface area contributed by atoms with Crippen LogP contribution in [0.15, 0.2) is 0 Å². The van der Waals surface area contributed by atoms with Gasteiger partial charge in [0.2, 0.25) is 0 Å². The van der Waals surface area contributed by atoms with Crippen molar-refractivity contribution in [1.29, 1.82) is 0 Å². The molecule has 0 unspecified atom stereocenters. The Morgan fingerprint density at radius 2 is 1.42 bits per heavy atom. The summed E-state index contributed by atoms with van der Waals surface area (Å²) in [6.07, 6.45) is 14.6. The molecule has 158 valence electrons. The Hall–Kier alpha value is 0.500. The number of nitrogens with zero attached hydrogens (tertiary/aromatic N) is 2. The molecule has 1 heterocycles. The van der Waals surface area contributed by atoms with Gasteiger partial charge in [0.15, 0.2) is 0 Å². The summed E-state index contributed by atoms with van der Waals surface area (Å²) in [4.78, 5) is 5.35. The largest absolute Gasteiger partial charge is 1.00 e. The Morgan fingerprint density at radius 3 is 1.92 bits per heavy atom. The normalized spacial score (nSPS) is 21.6. The van der Waals surface area contributed by atoms with Gasteiger partial charge in [-0.25, -0.2) is 0 Å². The van der Waals surface area contributed by atoms with Crippen molar-refractivity contribution >= 4 is 0 Å². The third kappa shape index (κ3) is 7.15. The van der Waals surface area contributed by atoms with E-state index in [0.717, 1.165) is 0 Å². The highest BCUT2D eigenvalue weighted by molar-refractivity contribution is 4.97. The molecule has 1 saturated carbocycles. The molecule has 0 aromatic carbocycles. The van der Waals surface area contributed by atoms with Crippen LogP contribution in [0.2, 0.25) is 0 Å². The van der Waals surface area contributed by atoms with Crippen molar-refractivity contribution in [3.8, 4) is 0 Å². The van der Waals surface area contributed by atoms with Gasteiger partial charge >= 0.3 is 2.85 Å². The second kappa shape index (κ2) is 12.9. The smallest absolute Gasteiger partial charge is 1.00 e. The maximum atomic E-state index is 2.79. The average molecular weight is 410 g/mol. The summed E-state index contributed by atoms with van der Waals surface area (Å²) in [7, 11) is 0. The van der Waals surface area contributed by atoms with E-state index < -0.39 is 0 Å². The predicted octanol–water partition coefficient (Wildman–Crippen LogP) is -0.196. The lowest BCUT2D eigenvalue weighted by atomic mass is 9.60. The van der Waals surface area contributed by atoms with E-state index >= 15 is 0 Å². The van der Waals surface area contributed by atoms with Gasteiger partial charge in [-0.2, -0.15) is 0 Å². The van der Waals surface area contributed by atoms with Gasteiger partial charge in [-0.15, -0.1) is 0 Å². The molecule has 0 atom stereocenters. The van der Waals surface area contributed by atoms with Gasteiger partial charge in [0.05, 0.1) is 0 Å². The molecule has 1 aliphatic carbocycles. The first-order valence-electron chi connectivity index (χ1n) is 11.1. The van der Waals surface area contributed by atoms with Gasteiger partial charge in [0, 0.05) is 6.54 Å². The molecule has 0 aromatic heterocycles. The van der Waals surface area contributed by atoms with E-state index in [9.17, 15) is 0 Å². The molecular formula is C22H46Cl2N2. The fourth-order valence-electron chi connectivity index (χ4n) is 5.68. The van der Waals surface area contributed by atoms with E-state index in [1.807, 2.05) is 0 Å². The van der Waals surface area contributed by atoms with Crippen molar-refractivity contribution in [1.82, 2.24) is 9.80 Å². The monoisotopic (exact) mass is 408 g/mol. The summed E-state index contributed by atoms with van der Waals surface area (Å²) in [6.45, 7) is 17.1. The molecule has 0 aromatic rings. The lowest BCUT2D eigenvalue weighted by molar-refractivity contribution is -0.001000. The molecule has 0 N–H and O–H groups in total. The fourth-order valence-corrected chi connectivity index (χ4v) is 5.68. The second-order valence-corrected chi connectivity index (χ2v) is 8.91. The van der Waals surface area contributed by atoms with Crippen LogP contribution >= 0.6 is 0 Å². The lowest BCUT2D eigenvalue weighted by Crippen LogP contribution is -3.00. The standard InChI is InChI=1S/C22H44N2.2ClH/c1-5-10-21(11-6-2)12-14-22(15-13-21)16-19-24(20-22)18-9-17-23(7-3)8-4;;/h5-20H2,1-4H3;2*1H. The minimum Gasteiger partial charge on any atom is -1.00 e. The summed E-state index contributed by atoms with van der Waals surface area (Å²) in [6, 6.07) is 0. The van der Waals surface area contributed by atoms with Crippen molar-refractivity contribution in [2.45, 2.75) is 91.9 Å². The molecule has 4 heteroatoms. The average Bonchev–Trinajstić information content (AvgIpc) is 2.99. The Labute approximate surface area is 179 Å². The summed E-state index contributed by atoms with van der Waals surface area (Å²) in [5.41, 5.74) is 1.41. The second-order valence-electron chi connectivity index (χ2n) is 8.91. The van der Waals surface area contributed by atoms with Crippen molar-refractivity contribution in [2.75, 3.05) is 39.3 Å². The molecule has 2 fully saturated rings. The molecular weight excluding hydrogens is 363 g/mol. The van der Waals surface area contributed by atoms with Gasteiger partial charge in [-0.3, -0.25) is 0 Å². The molecule has 0 bridgehead atoms. The van der Waals surface area contributed by atoms with Crippen LogP contribution in [-0.2, 0) is 0 Å². The van der Waals surface area contributed by atoms with Crippen LogP contribution in [0.4, 0.5) is 0 Å². The maximum Gasteiger partial charge on any atom is 1.00 e. The van der Waals surface area contributed by atoms with E-state index in [0.29, 0.717) is 10.8 Å². The van der Waals surface area contributed by atoms with Gasteiger partial charge in [0.1, 0.15) is 0 Å². The number of hydrogen-bond donors (Lipinski definition) is 0. The van der Waals surface area contributed by atoms with Crippen LogP contribution in [-0.4, -0.2) is 49.1 Å². The van der Waals surface area contributed by atoms with E-state index in [-0.39, 0.29) is 27.7 Å². The first kappa shape index (κ1) is 26.5. The lowest BCUT2D eigenvalue weighted by Gasteiger charge is -2.45. The highest BCUT2D eigenvalue weighted by atomic mass is 35.5. The van der Waals surface area contributed by atoms with E-state index in [1.54, 1.807) is 0 Å². The Balaban J connectivity index is -0.00000156. The summed E-state index contributed by atoms with van der Waals surface area (Å²) in [5.74, 6) is 0. The molecule has 2 rings (SSSR count). The van der Waals surface area contributed by atoms with Gasteiger partial charge < -0.3 is 34.6 Å². The predicted molar refractivity (Wildman–Crippen MR) is 109 cm³/mol. The van der Waals surface area contributed by atoms with E-state index in [2.05, 4.69) is 37.5 Å². The Morgan fingerprint density at radius 1 is 0.846 bits per heavy atom. The molecule has 1 aliphatic heterocycles. The summed E-state index contributed by atoms with van der Waals surface area (Å²) >= 11 is 0. The molecule has 26 heavy (non-hydrogen) atoms. The van der Waals surface area contributed by atoms with Crippen molar-refractivity contribution in [3.05, 3.63) is 0 Å². The topological polar surface area (TPSA) is 6.48 Å². The van der Waals surface area contributed by atoms with Crippen molar-refractivity contribution < 1.29 is 27.7 Å². The van der Waals surface area contributed by atoms with Crippen LogP contribution in [0.1, 0.15) is 94.8 Å². The molecule has 2 nitrogen and oxygen atoms in total. The van der Waals surface area contributed by atoms with Gasteiger partial charge in [0.25, 0.3) is 0 Å². The third-order valence-corrected chi connectivity index (χ3v) is 7.29. The zero-order valence-electron chi connectivity index (χ0n) is 20.0. The minimum atomic E-state index is 0. The molecule has 1 spiro atoms. The van der Waals surface area contributed by atoms with Crippen molar-refractivity contribution in [3.63, 3.8) is 0 Å². The summed E-state index contributed by atoms with van der Waals surface area (Å²) in [5, 5.41) is 0. The molecule has 0 radical (unpaired) electrons. The van der Waals surface area contributed by atoms with E-state index in [1.165, 1.54) is 103 Å². The minimum absolute atomic E-state index is 0. The Bertz CT molecular complexity index is 352. The third-order valence-electron chi connectivity index (χ3n) is 7.29. The first-order chi connectivity index (χ1) is 11.6. The van der Waals surface area contributed by atoms with Crippen LogP contribution in [0.3, 0.4) is 0 Å². The van der Waals surface area contributed by atoms with Crippen LogP contribution in [0.25, 0.3) is 0 Å². The fraction of sp³-hybridized carbons (Fsp3) is 1.00. The van der Waals surface area contributed by atoms with E-state index in [4.69, 9.17) is 0 Å². The SMILES string of the molecule is CCCC1(CCC)CCC2(CCN(CCCN(CC)CC)C2)CC1.[Cl-].[Cl-].[H+].[H+]. The first-order valence-corrected chi connectivity index (χ1v) is 11.1. The highest BCUT2D eigenvalue weighted by Crippen LogP contribution is 2.53. The Kier molecular flexibility index (Phi) is 13.1. The van der Waals surface area contributed by atoms with Crippen LogP contribution in [0.5, 0.6) is 0 Å². The molecule has 0 amide bonds. The van der Waals surface area contributed by atoms with Crippen LogP contribution < -0.4 is 24.8 Å². The number of halogens is 2. The quantitative estimate of drug-likeness (QED) is 0.493. The summed E-state index contributed by atoms with van der Waals surface area (Å²) < 4.78 is 0. The maximum absolute atomic E-state index is 2.79. The zero-order valence-corrected chi connectivity index (χ0v) is 19.5. The van der Waals surface area contributed by atoms with Crippen molar-refractivity contribution in [2.24, 2.45) is 10.8 Å². The van der Waals surface area contributed by atoms with Gasteiger partial charge in [-0.1, -0.05) is 40.5 Å². The van der Waals surface area contributed by atoms with Crippen LogP contribution in [0, 0.1) is 10.8 Å². The number of likely N-dealkylation sites (tertiary alicyclic amines) is 1. The zero-order chi connectivity index (χ0) is 17.5.